The van der Waals surface area contributed by atoms with Crippen LogP contribution < -0.4 is 0 Å². The highest BCUT2D eigenvalue weighted by atomic mass is 15.0. The molecule has 0 bridgehead atoms. The first-order valence-corrected chi connectivity index (χ1v) is 21.4. The zero-order chi connectivity index (χ0) is 41.7. The van der Waals surface area contributed by atoms with Gasteiger partial charge in [-0.05, 0) is 64.7 Å². The lowest BCUT2D eigenvalue weighted by atomic mass is 9.92. The molecule has 12 rings (SSSR count). The fourth-order valence-corrected chi connectivity index (χ4v) is 9.22. The number of hydrogen-bond donors (Lipinski definition) is 0. The van der Waals surface area contributed by atoms with Crippen molar-refractivity contribution in [3.63, 3.8) is 0 Å². The zero-order valence-corrected chi connectivity index (χ0v) is 34.2. The van der Waals surface area contributed by atoms with Gasteiger partial charge in [-0.2, -0.15) is 0 Å². The predicted molar refractivity (Wildman–Crippen MR) is 262 cm³/mol. The molecule has 0 unspecified atom stereocenters. The Labute approximate surface area is 365 Å². The zero-order valence-electron chi connectivity index (χ0n) is 34.2. The van der Waals surface area contributed by atoms with E-state index in [0.717, 1.165) is 78.0 Å². The van der Waals surface area contributed by atoms with Crippen LogP contribution in [0.15, 0.2) is 231 Å². The van der Waals surface area contributed by atoms with Gasteiger partial charge < -0.3 is 4.57 Å². The van der Waals surface area contributed by atoms with Gasteiger partial charge in [0.05, 0.1) is 33.6 Å². The standard InChI is InChI=1S/C59H38N4/c1-3-16-41(17-4-1)58-51-28-15-27-47(57(51)50-26-7-10-29-52(50)60-58)40-34-32-39(33-35-40)43-20-13-21-44(36-43)53-38-54(62-59(61-53)42-18-5-2-6-19-42)45-22-14-23-46(37-45)63-55-30-11-8-24-48(55)49-25-9-12-31-56(49)63/h1-38H. The number of aromatic nitrogens is 4. The molecule has 4 nitrogen and oxygen atoms in total. The average molecular weight is 803 g/mol. The van der Waals surface area contributed by atoms with Crippen molar-refractivity contribution >= 4 is 43.5 Å². The maximum atomic E-state index is 5.20. The Balaban J connectivity index is 0.940. The van der Waals surface area contributed by atoms with Crippen molar-refractivity contribution in [2.75, 3.05) is 0 Å². The molecule has 3 aromatic heterocycles. The van der Waals surface area contributed by atoms with E-state index in [-0.39, 0.29) is 0 Å². The van der Waals surface area contributed by atoms with Gasteiger partial charge in [-0.15, -0.1) is 0 Å². The van der Waals surface area contributed by atoms with Gasteiger partial charge in [0, 0.05) is 54.9 Å². The Kier molecular flexibility index (Phi) is 8.79. The molecule has 0 amide bonds. The molecule has 0 atom stereocenters. The minimum atomic E-state index is 0.688. The molecule has 0 aliphatic rings. The van der Waals surface area contributed by atoms with Gasteiger partial charge in [0.2, 0.25) is 0 Å². The lowest BCUT2D eigenvalue weighted by Crippen LogP contribution is -1.98. The average Bonchev–Trinajstić information content (AvgIpc) is 3.71. The minimum Gasteiger partial charge on any atom is -0.309 e. The molecule has 4 heteroatoms. The number of para-hydroxylation sites is 3. The van der Waals surface area contributed by atoms with Gasteiger partial charge in [-0.25, -0.2) is 15.0 Å². The van der Waals surface area contributed by atoms with Crippen LogP contribution in [0.3, 0.4) is 0 Å². The van der Waals surface area contributed by atoms with Gasteiger partial charge in [-0.1, -0.05) is 188 Å². The highest BCUT2D eigenvalue weighted by Crippen LogP contribution is 2.40. The minimum absolute atomic E-state index is 0.688. The second-order valence-corrected chi connectivity index (χ2v) is 16.0. The molecule has 0 aliphatic carbocycles. The quantitative estimate of drug-likeness (QED) is 0.151. The molecule has 0 fully saturated rings. The second kappa shape index (κ2) is 15.2. The number of benzene rings is 9. The van der Waals surface area contributed by atoms with Crippen LogP contribution in [0.1, 0.15) is 0 Å². The molecule has 0 saturated heterocycles. The largest absolute Gasteiger partial charge is 0.309 e. The highest BCUT2D eigenvalue weighted by Gasteiger charge is 2.17. The third kappa shape index (κ3) is 6.44. The van der Waals surface area contributed by atoms with E-state index in [9.17, 15) is 0 Å². The third-order valence-electron chi connectivity index (χ3n) is 12.2. The third-order valence-corrected chi connectivity index (χ3v) is 12.2. The summed E-state index contributed by atoms with van der Waals surface area (Å²) < 4.78 is 2.35. The molecule has 0 aliphatic heterocycles. The van der Waals surface area contributed by atoms with Crippen molar-refractivity contribution in [3.8, 4) is 73.1 Å². The van der Waals surface area contributed by atoms with Gasteiger partial charge in [0.1, 0.15) is 0 Å². The van der Waals surface area contributed by atoms with Crippen LogP contribution in [0.4, 0.5) is 0 Å². The Morgan fingerprint density at radius 3 is 1.54 bits per heavy atom. The smallest absolute Gasteiger partial charge is 0.160 e. The molecule has 9 aromatic carbocycles. The van der Waals surface area contributed by atoms with Crippen LogP contribution in [0.25, 0.3) is 117 Å². The Hall–Kier alpha value is -8.47. The topological polar surface area (TPSA) is 43.6 Å². The first-order valence-electron chi connectivity index (χ1n) is 21.4. The summed E-state index contributed by atoms with van der Waals surface area (Å²) in [7, 11) is 0. The fourth-order valence-electron chi connectivity index (χ4n) is 9.22. The van der Waals surface area contributed by atoms with E-state index in [4.69, 9.17) is 15.0 Å². The SMILES string of the molecule is c1ccc(-c2nc(-c3cccc(-c4ccc(-c5cccc6c(-c7ccccc7)nc7ccccc7c56)cc4)c3)cc(-c3cccc(-n4c5ccccc5c5ccccc54)c3)n2)cc1. The van der Waals surface area contributed by atoms with Crippen LogP contribution in [0.5, 0.6) is 0 Å². The molecule has 294 valence electrons. The summed E-state index contributed by atoms with van der Waals surface area (Å²) in [5.41, 5.74) is 15.9. The number of hydrogen-bond acceptors (Lipinski definition) is 3. The lowest BCUT2D eigenvalue weighted by Gasteiger charge is -2.15. The maximum Gasteiger partial charge on any atom is 0.160 e. The van der Waals surface area contributed by atoms with Gasteiger partial charge in [0.25, 0.3) is 0 Å². The monoisotopic (exact) mass is 802 g/mol. The predicted octanol–water partition coefficient (Wildman–Crippen LogP) is 15.3. The van der Waals surface area contributed by atoms with Crippen molar-refractivity contribution in [2.45, 2.75) is 0 Å². The molecule has 0 radical (unpaired) electrons. The molecule has 0 N–H and O–H groups in total. The molecule has 63 heavy (non-hydrogen) atoms. The summed E-state index contributed by atoms with van der Waals surface area (Å²) in [5, 5.41) is 5.98. The summed E-state index contributed by atoms with van der Waals surface area (Å²) in [4.78, 5) is 15.6. The highest BCUT2D eigenvalue weighted by molar-refractivity contribution is 6.17. The fraction of sp³-hybridized carbons (Fsp3) is 0. The molecule has 3 heterocycles. The van der Waals surface area contributed by atoms with E-state index < -0.39 is 0 Å². The van der Waals surface area contributed by atoms with E-state index in [2.05, 4.69) is 217 Å². The summed E-state index contributed by atoms with van der Waals surface area (Å²) in [6.45, 7) is 0. The van der Waals surface area contributed by atoms with Crippen LogP contribution in [0.2, 0.25) is 0 Å². The van der Waals surface area contributed by atoms with Gasteiger partial charge in [-0.3, -0.25) is 0 Å². The molecular formula is C59H38N4. The van der Waals surface area contributed by atoms with Crippen LogP contribution in [-0.4, -0.2) is 19.5 Å². The Bertz CT molecular complexity index is 3610. The number of nitrogens with zero attached hydrogens (tertiary/aromatic N) is 4. The van der Waals surface area contributed by atoms with Gasteiger partial charge >= 0.3 is 0 Å². The molecular weight excluding hydrogens is 765 g/mol. The first-order chi connectivity index (χ1) is 31.2. The van der Waals surface area contributed by atoms with Crippen LogP contribution in [0, 0.1) is 0 Å². The summed E-state index contributed by atoms with van der Waals surface area (Å²) in [6.07, 6.45) is 0. The van der Waals surface area contributed by atoms with Crippen LogP contribution in [-0.2, 0) is 0 Å². The van der Waals surface area contributed by atoms with E-state index >= 15 is 0 Å². The van der Waals surface area contributed by atoms with E-state index in [1.807, 2.05) is 18.2 Å². The Morgan fingerprint density at radius 1 is 0.302 bits per heavy atom. The van der Waals surface area contributed by atoms with Crippen molar-refractivity contribution in [2.24, 2.45) is 0 Å². The molecule has 0 spiro atoms. The van der Waals surface area contributed by atoms with Crippen LogP contribution >= 0.6 is 0 Å². The van der Waals surface area contributed by atoms with E-state index in [0.29, 0.717) is 5.82 Å². The second-order valence-electron chi connectivity index (χ2n) is 16.0. The number of fused-ring (bicyclic) bond motifs is 6. The maximum absolute atomic E-state index is 5.20. The van der Waals surface area contributed by atoms with E-state index in [1.165, 1.54) is 32.8 Å². The summed E-state index contributed by atoms with van der Waals surface area (Å²) >= 11 is 0. The van der Waals surface area contributed by atoms with Crippen molar-refractivity contribution in [1.82, 2.24) is 19.5 Å². The number of rotatable bonds is 7. The van der Waals surface area contributed by atoms with E-state index in [1.54, 1.807) is 0 Å². The van der Waals surface area contributed by atoms with Crippen molar-refractivity contribution in [3.05, 3.63) is 231 Å². The molecule has 0 saturated carbocycles. The Morgan fingerprint density at radius 2 is 0.825 bits per heavy atom. The normalized spacial score (nSPS) is 11.5. The number of pyridine rings is 1. The van der Waals surface area contributed by atoms with Crippen molar-refractivity contribution < 1.29 is 0 Å². The van der Waals surface area contributed by atoms with Crippen molar-refractivity contribution in [1.29, 1.82) is 0 Å². The summed E-state index contributed by atoms with van der Waals surface area (Å²) in [5.74, 6) is 0.688. The summed E-state index contributed by atoms with van der Waals surface area (Å²) in [6, 6.07) is 81.5. The molecule has 12 aromatic rings. The van der Waals surface area contributed by atoms with Gasteiger partial charge in [0.15, 0.2) is 5.82 Å². The lowest BCUT2D eigenvalue weighted by molar-refractivity contribution is 1.16. The first kappa shape index (κ1) is 36.4.